The number of carbonyl (C=O) groups is 2. The largest absolute Gasteiger partial charge is 0.369 e. The minimum absolute atomic E-state index is 0.0162. The second-order valence-corrected chi connectivity index (χ2v) is 10.6. The Hall–Kier alpha value is -1.66. The Labute approximate surface area is 187 Å². The fourth-order valence-corrected chi connectivity index (χ4v) is 7.08. The summed E-state index contributed by atoms with van der Waals surface area (Å²) in [6.07, 6.45) is 9.87. The smallest absolute Gasteiger partial charge is 0.229 e. The molecule has 0 aliphatic heterocycles. The van der Waals surface area contributed by atoms with E-state index in [0.717, 1.165) is 48.7 Å². The molecule has 0 heterocycles. The summed E-state index contributed by atoms with van der Waals surface area (Å²) in [4.78, 5) is 28.9. The van der Waals surface area contributed by atoms with Crippen LogP contribution in [0.25, 0.3) is 0 Å². The standard InChI is InChI=1S/C24H32BrN3O2/c1-28(2)15-5-3-4-12-23(20(26)29)18-10-11-19(22(18)13-14-22)24(23,21(27)30)16-6-8-17(25)9-7-16/h6-11,18-19H,3-5,12-15H2,1-2H3,(H2,26,29)(H2,27,30)/t18-,19+,23+,24-/m1/s1. The van der Waals surface area contributed by atoms with E-state index in [1.165, 1.54) is 0 Å². The molecule has 0 saturated heterocycles. The van der Waals surface area contributed by atoms with Gasteiger partial charge in [0, 0.05) is 10.4 Å². The van der Waals surface area contributed by atoms with Gasteiger partial charge in [-0.25, -0.2) is 0 Å². The summed E-state index contributed by atoms with van der Waals surface area (Å²) >= 11 is 3.49. The van der Waals surface area contributed by atoms with E-state index in [4.69, 9.17) is 11.5 Å². The molecule has 2 saturated carbocycles. The van der Waals surface area contributed by atoms with Crippen molar-refractivity contribution in [3.05, 3.63) is 46.5 Å². The lowest BCUT2D eigenvalue weighted by Gasteiger charge is -2.48. The highest BCUT2D eigenvalue weighted by Crippen LogP contribution is 2.80. The number of hydrogen-bond donors (Lipinski definition) is 2. The van der Waals surface area contributed by atoms with Crippen LogP contribution in [0.1, 0.15) is 44.1 Å². The molecular weight excluding hydrogens is 442 g/mol. The first-order valence-corrected chi connectivity index (χ1v) is 11.7. The number of amides is 2. The Morgan fingerprint density at radius 2 is 1.63 bits per heavy atom. The van der Waals surface area contributed by atoms with Gasteiger partial charge in [0.2, 0.25) is 11.8 Å². The van der Waals surface area contributed by atoms with Crippen molar-refractivity contribution in [3.8, 4) is 0 Å². The van der Waals surface area contributed by atoms with Crippen molar-refractivity contribution in [1.82, 2.24) is 4.90 Å². The molecule has 2 amide bonds. The minimum Gasteiger partial charge on any atom is -0.369 e. The van der Waals surface area contributed by atoms with Crippen molar-refractivity contribution in [3.63, 3.8) is 0 Å². The van der Waals surface area contributed by atoms with Gasteiger partial charge >= 0.3 is 0 Å². The zero-order chi connectivity index (χ0) is 21.7. The molecule has 162 valence electrons. The van der Waals surface area contributed by atoms with E-state index in [2.05, 4.69) is 47.1 Å². The predicted molar refractivity (Wildman–Crippen MR) is 121 cm³/mol. The van der Waals surface area contributed by atoms with Gasteiger partial charge in [-0.2, -0.15) is 0 Å². The molecule has 4 N–H and O–H groups in total. The number of nitrogens with two attached hydrogens (primary N) is 2. The Morgan fingerprint density at radius 1 is 1.00 bits per heavy atom. The fraction of sp³-hybridized carbons (Fsp3) is 0.583. The molecule has 2 bridgehead atoms. The molecule has 1 spiro atoms. The van der Waals surface area contributed by atoms with Crippen LogP contribution in [0.15, 0.2) is 40.9 Å². The summed E-state index contributed by atoms with van der Waals surface area (Å²) in [6, 6.07) is 7.75. The van der Waals surface area contributed by atoms with E-state index in [1.807, 2.05) is 24.3 Å². The normalized spacial score (nSPS) is 32.8. The Bertz CT molecular complexity index is 877. The number of allylic oxidation sites excluding steroid dienone is 2. The van der Waals surface area contributed by atoms with E-state index in [9.17, 15) is 9.59 Å². The van der Waals surface area contributed by atoms with E-state index in [0.29, 0.717) is 6.42 Å². The van der Waals surface area contributed by atoms with Gasteiger partial charge in [0.15, 0.2) is 0 Å². The van der Waals surface area contributed by atoms with Crippen LogP contribution in [0, 0.1) is 22.7 Å². The molecule has 0 aromatic heterocycles. The molecule has 6 heteroatoms. The summed E-state index contributed by atoms with van der Waals surface area (Å²) in [7, 11) is 4.13. The lowest BCUT2D eigenvalue weighted by Crippen LogP contribution is -2.62. The van der Waals surface area contributed by atoms with Crippen molar-refractivity contribution < 1.29 is 9.59 Å². The molecule has 0 unspecified atom stereocenters. The highest BCUT2D eigenvalue weighted by molar-refractivity contribution is 9.10. The quantitative estimate of drug-likeness (QED) is 0.425. The van der Waals surface area contributed by atoms with E-state index in [1.54, 1.807) is 0 Å². The summed E-state index contributed by atoms with van der Waals surface area (Å²) in [5.41, 5.74) is 11.2. The van der Waals surface area contributed by atoms with Crippen LogP contribution in [-0.2, 0) is 15.0 Å². The van der Waals surface area contributed by atoms with Crippen LogP contribution in [0.5, 0.6) is 0 Å². The van der Waals surface area contributed by atoms with Crippen molar-refractivity contribution in [2.24, 2.45) is 34.1 Å². The first-order valence-electron chi connectivity index (χ1n) is 10.9. The van der Waals surface area contributed by atoms with Gasteiger partial charge in [-0.15, -0.1) is 0 Å². The van der Waals surface area contributed by atoms with Crippen molar-refractivity contribution >= 4 is 27.7 Å². The summed E-state index contributed by atoms with van der Waals surface area (Å²) in [5.74, 6) is -0.875. The molecule has 4 rings (SSSR count). The highest BCUT2D eigenvalue weighted by Gasteiger charge is 2.82. The number of halogens is 1. The topological polar surface area (TPSA) is 89.4 Å². The van der Waals surface area contributed by atoms with Crippen LogP contribution in [0.3, 0.4) is 0 Å². The lowest BCUT2D eigenvalue weighted by atomic mass is 9.52. The maximum atomic E-state index is 13.4. The summed E-state index contributed by atoms with van der Waals surface area (Å²) in [6.45, 7) is 1.01. The van der Waals surface area contributed by atoms with Crippen LogP contribution < -0.4 is 11.5 Å². The Balaban J connectivity index is 1.81. The van der Waals surface area contributed by atoms with Crippen LogP contribution in [0.2, 0.25) is 0 Å². The molecule has 2 fully saturated rings. The zero-order valence-electron chi connectivity index (χ0n) is 17.9. The van der Waals surface area contributed by atoms with Crippen LogP contribution >= 0.6 is 15.9 Å². The van der Waals surface area contributed by atoms with Crippen LogP contribution in [-0.4, -0.2) is 37.4 Å². The maximum Gasteiger partial charge on any atom is 0.229 e. The van der Waals surface area contributed by atoms with Gasteiger partial charge in [0.05, 0.1) is 10.8 Å². The first kappa shape index (κ1) is 21.6. The zero-order valence-corrected chi connectivity index (χ0v) is 19.5. The molecule has 0 radical (unpaired) electrons. The number of carbonyl (C=O) groups excluding carboxylic acids is 2. The fourth-order valence-electron chi connectivity index (χ4n) is 6.82. The van der Waals surface area contributed by atoms with Gasteiger partial charge in [0.25, 0.3) is 0 Å². The van der Waals surface area contributed by atoms with Crippen molar-refractivity contribution in [2.75, 3.05) is 20.6 Å². The highest BCUT2D eigenvalue weighted by atomic mass is 79.9. The predicted octanol–water partition coefficient (Wildman–Crippen LogP) is 3.36. The second kappa shape index (κ2) is 7.49. The third-order valence-electron chi connectivity index (χ3n) is 8.07. The average molecular weight is 474 g/mol. The molecular formula is C24H32BrN3O2. The lowest BCUT2D eigenvalue weighted by molar-refractivity contribution is -0.143. The van der Waals surface area contributed by atoms with Gasteiger partial charge < -0.3 is 16.4 Å². The number of hydrogen-bond acceptors (Lipinski definition) is 3. The van der Waals surface area contributed by atoms with Gasteiger partial charge in [-0.1, -0.05) is 53.1 Å². The first-order chi connectivity index (χ1) is 14.2. The monoisotopic (exact) mass is 473 g/mol. The van der Waals surface area contributed by atoms with Crippen LogP contribution in [0.4, 0.5) is 0 Å². The van der Waals surface area contributed by atoms with E-state index < -0.39 is 16.7 Å². The van der Waals surface area contributed by atoms with Crippen molar-refractivity contribution in [1.29, 1.82) is 0 Å². The number of nitrogens with zero attached hydrogens (tertiary/aromatic N) is 1. The second-order valence-electron chi connectivity index (χ2n) is 9.70. The molecule has 4 atom stereocenters. The molecule has 5 nitrogen and oxygen atoms in total. The third kappa shape index (κ3) is 2.76. The third-order valence-corrected chi connectivity index (χ3v) is 8.60. The summed E-state index contributed by atoms with van der Waals surface area (Å²) < 4.78 is 0.930. The van der Waals surface area contributed by atoms with E-state index >= 15 is 0 Å². The molecule has 30 heavy (non-hydrogen) atoms. The average Bonchev–Trinajstić information content (AvgIpc) is 3.35. The SMILES string of the molecule is CN(C)CCCCC[C@@]1(C(N)=O)[C@@H]2C=C[C@@H](C23CC3)[C@@]1(C(N)=O)c1ccc(Br)cc1. The Kier molecular flexibility index (Phi) is 5.38. The molecule has 1 aromatic carbocycles. The Morgan fingerprint density at radius 3 is 2.17 bits per heavy atom. The number of unbranched alkanes of at least 4 members (excludes halogenated alkanes) is 2. The van der Waals surface area contributed by atoms with Gasteiger partial charge in [-0.3, -0.25) is 9.59 Å². The van der Waals surface area contributed by atoms with E-state index in [-0.39, 0.29) is 23.2 Å². The molecule has 3 aliphatic carbocycles. The van der Waals surface area contributed by atoms with Crippen molar-refractivity contribution in [2.45, 2.75) is 43.9 Å². The van der Waals surface area contributed by atoms with Gasteiger partial charge in [-0.05, 0) is 75.4 Å². The number of benzene rings is 1. The number of primary amides is 2. The number of rotatable bonds is 9. The maximum absolute atomic E-state index is 13.4. The molecule has 1 aromatic rings. The summed E-state index contributed by atoms with van der Waals surface area (Å²) in [5, 5.41) is 0. The molecule has 3 aliphatic rings. The van der Waals surface area contributed by atoms with Gasteiger partial charge in [0.1, 0.15) is 0 Å². The minimum atomic E-state index is -1.09.